The number of hydrogen-bond acceptors (Lipinski definition) is 3. The Morgan fingerprint density at radius 3 is 2.67 bits per heavy atom. The molecule has 1 amide bonds. The Hall–Kier alpha value is -1.62. The number of hydrogen-bond donors (Lipinski definition) is 1. The molecule has 0 saturated heterocycles. The topological polar surface area (TPSA) is 55.4 Å². The Labute approximate surface area is 109 Å². The lowest BCUT2D eigenvalue weighted by atomic mass is 10.2. The van der Waals surface area contributed by atoms with Gasteiger partial charge in [0.15, 0.2) is 6.61 Å². The Kier molecular flexibility index (Phi) is 5.09. The third kappa shape index (κ3) is 4.00. The molecule has 0 bridgehead atoms. The van der Waals surface area contributed by atoms with E-state index >= 15 is 0 Å². The van der Waals surface area contributed by atoms with E-state index in [9.17, 15) is 14.0 Å². The first-order chi connectivity index (χ1) is 8.41. The van der Waals surface area contributed by atoms with Gasteiger partial charge in [0.05, 0.1) is 5.02 Å². The number of carbonyl (C=O) groups excluding carboxylic acids is 2. The molecule has 1 N–H and O–H groups in total. The summed E-state index contributed by atoms with van der Waals surface area (Å²) in [6.07, 6.45) is 0. The number of esters is 1. The lowest BCUT2D eigenvalue weighted by Crippen LogP contribution is -2.34. The zero-order chi connectivity index (χ0) is 13.7. The molecule has 6 heteroatoms. The van der Waals surface area contributed by atoms with Crippen molar-refractivity contribution in [2.45, 2.75) is 19.9 Å². The van der Waals surface area contributed by atoms with Crippen molar-refractivity contribution in [2.24, 2.45) is 0 Å². The summed E-state index contributed by atoms with van der Waals surface area (Å²) in [5.41, 5.74) is -0.364. The first-order valence-electron chi connectivity index (χ1n) is 5.32. The van der Waals surface area contributed by atoms with Crippen LogP contribution in [0.5, 0.6) is 0 Å². The molecular formula is C12H13ClFNO3. The lowest BCUT2D eigenvalue weighted by Gasteiger charge is -2.09. The van der Waals surface area contributed by atoms with Crippen molar-refractivity contribution in [3.05, 3.63) is 34.6 Å². The molecule has 1 aromatic carbocycles. The Balaban J connectivity index is 2.64. The van der Waals surface area contributed by atoms with Crippen molar-refractivity contribution in [1.82, 2.24) is 5.32 Å². The van der Waals surface area contributed by atoms with Gasteiger partial charge in [-0.2, -0.15) is 0 Å². The minimum Gasteiger partial charge on any atom is -0.452 e. The van der Waals surface area contributed by atoms with Crippen LogP contribution in [0.25, 0.3) is 0 Å². The number of ether oxygens (including phenoxy) is 1. The van der Waals surface area contributed by atoms with E-state index in [0.29, 0.717) is 0 Å². The van der Waals surface area contributed by atoms with Crippen LogP contribution in [0.3, 0.4) is 0 Å². The van der Waals surface area contributed by atoms with Crippen molar-refractivity contribution in [3.8, 4) is 0 Å². The summed E-state index contributed by atoms with van der Waals surface area (Å²) in [6.45, 7) is 3.07. The average Bonchev–Trinajstić information content (AvgIpc) is 2.25. The largest absolute Gasteiger partial charge is 0.452 e. The van der Waals surface area contributed by atoms with Gasteiger partial charge in [-0.15, -0.1) is 0 Å². The highest BCUT2D eigenvalue weighted by Gasteiger charge is 2.18. The van der Waals surface area contributed by atoms with Crippen molar-refractivity contribution < 1.29 is 18.7 Å². The molecule has 0 aliphatic carbocycles. The Morgan fingerprint density at radius 2 is 2.11 bits per heavy atom. The van der Waals surface area contributed by atoms with Crippen molar-refractivity contribution in [2.75, 3.05) is 6.61 Å². The molecule has 0 saturated carbocycles. The highest BCUT2D eigenvalue weighted by molar-refractivity contribution is 6.33. The van der Waals surface area contributed by atoms with Crippen molar-refractivity contribution in [1.29, 1.82) is 0 Å². The highest BCUT2D eigenvalue weighted by Crippen LogP contribution is 2.19. The van der Waals surface area contributed by atoms with E-state index in [1.165, 1.54) is 12.1 Å². The Bertz CT molecular complexity index is 442. The van der Waals surface area contributed by atoms with E-state index in [2.05, 4.69) is 10.1 Å². The summed E-state index contributed by atoms with van der Waals surface area (Å²) >= 11 is 5.68. The van der Waals surface area contributed by atoms with Crippen LogP contribution in [0.2, 0.25) is 5.02 Å². The number of halogens is 2. The zero-order valence-electron chi connectivity index (χ0n) is 10.00. The molecule has 0 aliphatic rings. The highest BCUT2D eigenvalue weighted by atomic mass is 35.5. The smallest absolute Gasteiger partial charge is 0.343 e. The van der Waals surface area contributed by atoms with Crippen LogP contribution < -0.4 is 5.32 Å². The maximum absolute atomic E-state index is 13.3. The number of rotatable bonds is 4. The van der Waals surface area contributed by atoms with E-state index in [1.54, 1.807) is 13.8 Å². The van der Waals surface area contributed by atoms with E-state index in [4.69, 9.17) is 11.6 Å². The molecule has 0 unspecified atom stereocenters. The monoisotopic (exact) mass is 273 g/mol. The van der Waals surface area contributed by atoms with E-state index in [-0.39, 0.29) is 16.6 Å². The number of carbonyl (C=O) groups is 2. The predicted octanol–water partition coefficient (Wildman–Crippen LogP) is 2.16. The normalized spacial score (nSPS) is 10.3. The second-order valence-electron chi connectivity index (χ2n) is 3.90. The van der Waals surface area contributed by atoms with E-state index in [0.717, 1.165) is 6.07 Å². The maximum atomic E-state index is 13.3. The second kappa shape index (κ2) is 6.35. The summed E-state index contributed by atoms with van der Waals surface area (Å²) in [6, 6.07) is 3.78. The summed E-state index contributed by atoms with van der Waals surface area (Å²) in [5.74, 6) is -2.19. The summed E-state index contributed by atoms with van der Waals surface area (Å²) in [4.78, 5) is 22.8. The lowest BCUT2D eigenvalue weighted by molar-refractivity contribution is -0.124. The minimum atomic E-state index is -0.961. The van der Waals surface area contributed by atoms with E-state index in [1.807, 2.05) is 0 Å². The zero-order valence-corrected chi connectivity index (χ0v) is 10.8. The van der Waals surface area contributed by atoms with Crippen LogP contribution in [0.1, 0.15) is 24.2 Å². The predicted molar refractivity (Wildman–Crippen MR) is 65.0 cm³/mol. The summed E-state index contributed by atoms with van der Waals surface area (Å²) < 4.78 is 18.0. The van der Waals surface area contributed by atoms with Gasteiger partial charge in [0.25, 0.3) is 5.91 Å². The van der Waals surface area contributed by atoms with Crippen LogP contribution >= 0.6 is 11.6 Å². The third-order valence-corrected chi connectivity index (χ3v) is 2.27. The molecule has 0 radical (unpaired) electrons. The van der Waals surface area contributed by atoms with Gasteiger partial charge in [-0.1, -0.05) is 17.7 Å². The Morgan fingerprint density at radius 1 is 1.44 bits per heavy atom. The molecule has 18 heavy (non-hydrogen) atoms. The van der Waals surface area contributed by atoms with Gasteiger partial charge in [-0.05, 0) is 26.0 Å². The van der Waals surface area contributed by atoms with Crippen molar-refractivity contribution >= 4 is 23.5 Å². The standard InChI is InChI=1S/C12H13ClFNO3/c1-7(2)15-10(16)6-18-12(17)11-8(13)4-3-5-9(11)14/h3-5,7H,6H2,1-2H3,(H,15,16). The van der Waals surface area contributed by atoms with Crippen LogP contribution in [0.15, 0.2) is 18.2 Å². The van der Waals surface area contributed by atoms with Crippen molar-refractivity contribution in [3.63, 3.8) is 0 Å². The van der Waals surface area contributed by atoms with Gasteiger partial charge in [0.2, 0.25) is 0 Å². The first-order valence-corrected chi connectivity index (χ1v) is 5.70. The molecule has 1 aromatic rings. The fourth-order valence-electron chi connectivity index (χ4n) is 1.26. The first kappa shape index (κ1) is 14.4. The maximum Gasteiger partial charge on any atom is 0.343 e. The molecule has 0 spiro atoms. The fraction of sp³-hybridized carbons (Fsp3) is 0.333. The molecule has 4 nitrogen and oxygen atoms in total. The SMILES string of the molecule is CC(C)NC(=O)COC(=O)c1c(F)cccc1Cl. The van der Waals surface area contributed by atoms with Gasteiger partial charge < -0.3 is 10.1 Å². The van der Waals surface area contributed by atoms with Crippen LogP contribution in [-0.4, -0.2) is 24.5 Å². The molecular weight excluding hydrogens is 261 g/mol. The van der Waals surface area contributed by atoms with Gasteiger partial charge in [0, 0.05) is 6.04 Å². The minimum absolute atomic E-state index is 0.0516. The molecule has 0 aromatic heterocycles. The number of nitrogens with one attached hydrogen (secondary N) is 1. The molecule has 0 aliphatic heterocycles. The summed E-state index contributed by atoms with van der Waals surface area (Å²) in [7, 11) is 0. The van der Waals surface area contributed by atoms with Gasteiger partial charge in [-0.25, -0.2) is 9.18 Å². The van der Waals surface area contributed by atoms with Gasteiger partial charge in [-0.3, -0.25) is 4.79 Å². The number of amides is 1. The van der Waals surface area contributed by atoms with Crippen LogP contribution in [-0.2, 0) is 9.53 Å². The summed E-state index contributed by atoms with van der Waals surface area (Å²) in [5, 5.41) is 2.48. The molecule has 0 fully saturated rings. The van der Waals surface area contributed by atoms with Gasteiger partial charge >= 0.3 is 5.97 Å². The molecule has 0 heterocycles. The molecule has 0 atom stereocenters. The molecule has 1 rings (SSSR count). The quantitative estimate of drug-likeness (QED) is 0.856. The second-order valence-corrected chi connectivity index (χ2v) is 4.30. The molecule has 98 valence electrons. The van der Waals surface area contributed by atoms with E-state index < -0.39 is 24.3 Å². The number of benzene rings is 1. The third-order valence-electron chi connectivity index (χ3n) is 1.95. The average molecular weight is 274 g/mol. The van der Waals surface area contributed by atoms with Crippen LogP contribution in [0.4, 0.5) is 4.39 Å². The van der Waals surface area contributed by atoms with Gasteiger partial charge in [0.1, 0.15) is 11.4 Å². The van der Waals surface area contributed by atoms with Crippen LogP contribution in [0, 0.1) is 5.82 Å². The fourth-order valence-corrected chi connectivity index (χ4v) is 1.50.